The van der Waals surface area contributed by atoms with Crippen molar-refractivity contribution in [1.82, 2.24) is 9.55 Å². The second kappa shape index (κ2) is 8.31. The highest BCUT2D eigenvalue weighted by Crippen LogP contribution is 2.24. The molecule has 0 unspecified atom stereocenters. The average Bonchev–Trinajstić information content (AvgIpc) is 3.08. The third kappa shape index (κ3) is 4.49. The quantitative estimate of drug-likeness (QED) is 0.345. The van der Waals surface area contributed by atoms with Crippen molar-refractivity contribution in [3.05, 3.63) is 57.7 Å². The normalized spacial score (nSPS) is 11.0. The van der Waals surface area contributed by atoms with Gasteiger partial charge in [-0.25, -0.2) is 4.98 Å². The Morgan fingerprint density at radius 1 is 1.20 bits per heavy atom. The zero-order valence-corrected chi connectivity index (χ0v) is 15.1. The number of thiophene rings is 1. The first-order valence-corrected chi connectivity index (χ1v) is 9.86. The van der Waals surface area contributed by atoms with Crippen LogP contribution in [0, 0.1) is 0 Å². The van der Waals surface area contributed by atoms with E-state index in [0.29, 0.717) is 29.2 Å². The van der Waals surface area contributed by atoms with Crippen LogP contribution in [0.5, 0.6) is 0 Å². The van der Waals surface area contributed by atoms with Gasteiger partial charge in [-0.1, -0.05) is 42.1 Å². The maximum absolute atomic E-state index is 12.7. The van der Waals surface area contributed by atoms with Gasteiger partial charge < -0.3 is 9.90 Å². The average molecular weight is 373 g/mol. The van der Waals surface area contributed by atoms with Crippen molar-refractivity contribution >= 4 is 39.3 Å². The summed E-state index contributed by atoms with van der Waals surface area (Å²) in [7, 11) is 0. The van der Waals surface area contributed by atoms with Crippen LogP contribution < -0.4 is 10.7 Å². The molecular formula is C18H17N2O3S2-. The lowest BCUT2D eigenvalue weighted by molar-refractivity contribution is -0.305. The SMILES string of the molecule is O=C([O-])CCCCn1c(SCc2ccccc2)nc2ccsc2c1=O. The lowest BCUT2D eigenvalue weighted by atomic mass is 10.2. The summed E-state index contributed by atoms with van der Waals surface area (Å²) >= 11 is 2.91. The van der Waals surface area contributed by atoms with E-state index < -0.39 is 5.97 Å². The molecule has 0 atom stereocenters. The minimum Gasteiger partial charge on any atom is -0.550 e. The summed E-state index contributed by atoms with van der Waals surface area (Å²) < 4.78 is 2.31. The Kier molecular flexibility index (Phi) is 5.88. The van der Waals surface area contributed by atoms with Gasteiger partial charge in [0.2, 0.25) is 0 Å². The predicted octanol–water partition coefficient (Wildman–Crippen LogP) is 2.67. The number of aliphatic carboxylic acids is 1. The summed E-state index contributed by atoms with van der Waals surface area (Å²) in [5, 5.41) is 13.1. The molecule has 0 amide bonds. The van der Waals surface area contributed by atoms with Crippen LogP contribution in [0.3, 0.4) is 0 Å². The number of aromatic nitrogens is 2. The highest BCUT2D eigenvalue weighted by atomic mass is 32.2. The number of benzene rings is 1. The molecule has 25 heavy (non-hydrogen) atoms. The summed E-state index contributed by atoms with van der Waals surface area (Å²) in [6.45, 7) is 0.462. The van der Waals surface area contributed by atoms with E-state index in [1.54, 1.807) is 4.57 Å². The third-order valence-corrected chi connectivity index (χ3v) is 5.69. The molecule has 0 N–H and O–H groups in total. The van der Waals surface area contributed by atoms with Crippen molar-refractivity contribution in [3.8, 4) is 0 Å². The fraction of sp³-hybridized carbons (Fsp3) is 0.278. The first kappa shape index (κ1) is 17.7. The highest BCUT2D eigenvalue weighted by molar-refractivity contribution is 7.98. The topological polar surface area (TPSA) is 75.0 Å². The van der Waals surface area contributed by atoms with Crippen LogP contribution in [0.15, 0.2) is 51.7 Å². The number of hydrogen-bond donors (Lipinski definition) is 0. The van der Waals surface area contributed by atoms with E-state index in [4.69, 9.17) is 0 Å². The van der Waals surface area contributed by atoms with Crippen LogP contribution in [0.1, 0.15) is 24.8 Å². The minimum atomic E-state index is -1.06. The van der Waals surface area contributed by atoms with Crippen LogP contribution in [0.2, 0.25) is 0 Å². The second-order valence-electron chi connectivity index (χ2n) is 5.59. The van der Waals surface area contributed by atoms with Crippen LogP contribution in [0.4, 0.5) is 0 Å². The standard InChI is InChI=1S/C18H18N2O3S2/c21-15(22)8-4-5-10-20-17(23)16-14(9-11-24-16)19-18(20)25-12-13-6-2-1-3-7-13/h1-3,6-7,9,11H,4-5,8,10,12H2,(H,21,22)/p-1. The molecule has 5 nitrogen and oxygen atoms in total. The summed E-state index contributed by atoms with van der Waals surface area (Å²) in [6, 6.07) is 11.9. The van der Waals surface area contributed by atoms with E-state index in [1.165, 1.54) is 23.1 Å². The van der Waals surface area contributed by atoms with Crippen LogP contribution in [-0.2, 0) is 17.1 Å². The molecule has 2 heterocycles. The number of carboxylic acids is 1. The Morgan fingerprint density at radius 3 is 2.76 bits per heavy atom. The molecule has 0 aliphatic heterocycles. The van der Waals surface area contributed by atoms with Gasteiger partial charge in [0, 0.05) is 18.3 Å². The largest absolute Gasteiger partial charge is 0.550 e. The van der Waals surface area contributed by atoms with Gasteiger partial charge in [-0.05, 0) is 36.3 Å². The van der Waals surface area contributed by atoms with Crippen molar-refractivity contribution in [1.29, 1.82) is 0 Å². The van der Waals surface area contributed by atoms with Gasteiger partial charge in [-0.15, -0.1) is 11.3 Å². The molecule has 3 rings (SSSR count). The fourth-order valence-corrected chi connectivity index (χ4v) is 4.25. The van der Waals surface area contributed by atoms with Crippen molar-refractivity contribution in [3.63, 3.8) is 0 Å². The number of rotatable bonds is 8. The minimum absolute atomic E-state index is 0.00984. The molecular weight excluding hydrogens is 356 g/mol. The Hall–Kier alpha value is -2.12. The van der Waals surface area contributed by atoms with E-state index >= 15 is 0 Å². The van der Waals surface area contributed by atoms with Crippen molar-refractivity contribution in [2.24, 2.45) is 0 Å². The molecule has 1 aromatic carbocycles. The van der Waals surface area contributed by atoms with Gasteiger partial charge in [0.05, 0.1) is 5.52 Å². The number of thioether (sulfide) groups is 1. The molecule has 0 saturated heterocycles. The first-order chi connectivity index (χ1) is 12.1. The number of carbonyl (C=O) groups is 1. The number of hydrogen-bond acceptors (Lipinski definition) is 6. The van der Waals surface area contributed by atoms with E-state index in [1.807, 2.05) is 41.8 Å². The van der Waals surface area contributed by atoms with E-state index in [-0.39, 0.29) is 12.0 Å². The zero-order chi connectivity index (χ0) is 17.6. The number of unbranched alkanes of at least 4 members (excludes halogenated alkanes) is 1. The van der Waals surface area contributed by atoms with E-state index in [0.717, 1.165) is 16.8 Å². The highest BCUT2D eigenvalue weighted by Gasteiger charge is 2.12. The summed E-state index contributed by atoms with van der Waals surface area (Å²) in [6.07, 6.45) is 1.10. The number of nitrogens with zero attached hydrogens (tertiary/aromatic N) is 2. The van der Waals surface area contributed by atoms with Crippen molar-refractivity contribution < 1.29 is 9.90 Å². The Balaban J connectivity index is 1.82. The Labute approximate surface area is 153 Å². The third-order valence-electron chi connectivity index (χ3n) is 3.75. The molecule has 2 aromatic heterocycles. The van der Waals surface area contributed by atoms with Gasteiger partial charge in [0.15, 0.2) is 5.16 Å². The maximum atomic E-state index is 12.7. The van der Waals surface area contributed by atoms with E-state index in [9.17, 15) is 14.7 Å². The van der Waals surface area contributed by atoms with Crippen LogP contribution >= 0.6 is 23.1 Å². The molecule has 0 radical (unpaired) electrons. The molecule has 0 fully saturated rings. The summed E-state index contributed by atoms with van der Waals surface area (Å²) in [5.41, 5.74) is 1.83. The van der Waals surface area contributed by atoms with Gasteiger partial charge >= 0.3 is 0 Å². The Morgan fingerprint density at radius 2 is 2.00 bits per heavy atom. The molecule has 130 valence electrons. The summed E-state index contributed by atoms with van der Waals surface area (Å²) in [5.74, 6) is -0.333. The smallest absolute Gasteiger partial charge is 0.272 e. The second-order valence-corrected chi connectivity index (χ2v) is 7.45. The predicted molar refractivity (Wildman–Crippen MR) is 98.7 cm³/mol. The summed E-state index contributed by atoms with van der Waals surface area (Å²) in [4.78, 5) is 27.9. The molecule has 0 bridgehead atoms. The van der Waals surface area contributed by atoms with Gasteiger partial charge in [-0.3, -0.25) is 9.36 Å². The lowest BCUT2D eigenvalue weighted by Crippen LogP contribution is -2.24. The van der Waals surface area contributed by atoms with Crippen LogP contribution in [0.25, 0.3) is 10.2 Å². The molecule has 7 heteroatoms. The molecule has 0 spiro atoms. The first-order valence-electron chi connectivity index (χ1n) is 8.00. The molecule has 0 aliphatic rings. The maximum Gasteiger partial charge on any atom is 0.272 e. The van der Waals surface area contributed by atoms with Gasteiger partial charge in [-0.2, -0.15) is 0 Å². The zero-order valence-electron chi connectivity index (χ0n) is 13.5. The van der Waals surface area contributed by atoms with Crippen LogP contribution in [-0.4, -0.2) is 15.5 Å². The van der Waals surface area contributed by atoms with Gasteiger partial charge in [0.1, 0.15) is 4.70 Å². The molecule has 0 aliphatic carbocycles. The van der Waals surface area contributed by atoms with Gasteiger partial charge in [0.25, 0.3) is 5.56 Å². The number of fused-ring (bicyclic) bond motifs is 1. The van der Waals surface area contributed by atoms with Crippen molar-refractivity contribution in [2.75, 3.05) is 0 Å². The Bertz CT molecular complexity index is 919. The molecule has 3 aromatic rings. The number of carboxylic acid groups (broad SMARTS) is 1. The fourth-order valence-electron chi connectivity index (χ4n) is 2.49. The number of carbonyl (C=O) groups excluding carboxylic acids is 1. The molecule has 0 saturated carbocycles. The van der Waals surface area contributed by atoms with Crippen molar-refractivity contribution in [2.45, 2.75) is 36.7 Å². The van der Waals surface area contributed by atoms with E-state index in [2.05, 4.69) is 4.98 Å². The monoisotopic (exact) mass is 373 g/mol. The lowest BCUT2D eigenvalue weighted by Gasteiger charge is -2.12.